The molecule has 58 valence electrons. The number of hydrogen-bond donors (Lipinski definition) is 0. The maximum atomic E-state index is 5.45. The lowest BCUT2D eigenvalue weighted by Gasteiger charge is -2.39. The molecule has 3 saturated heterocycles. The summed E-state index contributed by atoms with van der Waals surface area (Å²) in [7, 11) is -0.949. The lowest BCUT2D eigenvalue weighted by molar-refractivity contribution is -0.0536. The van der Waals surface area contributed by atoms with E-state index in [1.165, 1.54) is 0 Å². The molecule has 3 rings (SSSR count). The van der Waals surface area contributed by atoms with Crippen molar-refractivity contribution in [1.82, 2.24) is 0 Å². The topological polar surface area (TPSA) is 27.7 Å². The highest BCUT2D eigenvalue weighted by Gasteiger charge is 2.38. The van der Waals surface area contributed by atoms with Crippen LogP contribution in [0.1, 0.15) is 13.3 Å². The highest BCUT2D eigenvalue weighted by Crippen LogP contribution is 2.51. The lowest BCUT2D eigenvalue weighted by Crippen LogP contribution is -2.38. The van der Waals surface area contributed by atoms with E-state index in [9.17, 15) is 0 Å². The molecule has 4 heteroatoms. The zero-order valence-electron chi connectivity index (χ0n) is 5.95. The first kappa shape index (κ1) is 6.99. The Bertz CT molecular complexity index is 122. The summed E-state index contributed by atoms with van der Waals surface area (Å²) in [6, 6.07) is 0. The Kier molecular flexibility index (Phi) is 1.92. The van der Waals surface area contributed by atoms with E-state index >= 15 is 0 Å². The third kappa shape index (κ3) is 1.08. The lowest BCUT2D eigenvalue weighted by atomic mass is 10.0. The molecule has 0 saturated carbocycles. The van der Waals surface area contributed by atoms with Gasteiger partial charge in [-0.2, -0.15) is 0 Å². The summed E-state index contributed by atoms with van der Waals surface area (Å²) in [5, 5.41) is 0. The molecule has 0 aromatic rings. The van der Waals surface area contributed by atoms with Gasteiger partial charge < -0.3 is 13.6 Å². The molecule has 10 heavy (non-hydrogen) atoms. The molecular formula is C6H11O3P. The number of rotatable bonds is 1. The quantitative estimate of drug-likeness (QED) is 0.549. The number of fused-ring (bicyclic) bond motifs is 3. The van der Waals surface area contributed by atoms with E-state index in [1.54, 1.807) is 0 Å². The van der Waals surface area contributed by atoms with Crippen molar-refractivity contribution in [3.8, 4) is 0 Å². The molecule has 3 aliphatic rings. The van der Waals surface area contributed by atoms with Crippen molar-refractivity contribution in [2.24, 2.45) is 5.92 Å². The second-order valence-electron chi connectivity index (χ2n) is 2.63. The van der Waals surface area contributed by atoms with Crippen molar-refractivity contribution >= 4 is 8.60 Å². The van der Waals surface area contributed by atoms with Crippen molar-refractivity contribution < 1.29 is 13.6 Å². The first-order valence-corrected chi connectivity index (χ1v) is 4.72. The molecule has 2 bridgehead atoms. The van der Waals surface area contributed by atoms with Gasteiger partial charge in [0.2, 0.25) is 0 Å². The van der Waals surface area contributed by atoms with Crippen LogP contribution in [0.2, 0.25) is 0 Å². The Morgan fingerprint density at radius 2 is 2.10 bits per heavy atom. The van der Waals surface area contributed by atoms with Crippen molar-refractivity contribution in [1.29, 1.82) is 0 Å². The van der Waals surface area contributed by atoms with Gasteiger partial charge in [0, 0.05) is 5.92 Å². The van der Waals surface area contributed by atoms with Crippen LogP contribution >= 0.6 is 8.60 Å². The third-order valence-electron chi connectivity index (χ3n) is 1.94. The Balaban J connectivity index is 2.01. The van der Waals surface area contributed by atoms with Gasteiger partial charge in [0.1, 0.15) is 0 Å². The molecular weight excluding hydrogens is 151 g/mol. The fraction of sp³-hybridized carbons (Fsp3) is 1.00. The van der Waals surface area contributed by atoms with E-state index in [2.05, 4.69) is 6.92 Å². The van der Waals surface area contributed by atoms with E-state index in [0.29, 0.717) is 12.0 Å². The zero-order chi connectivity index (χ0) is 6.97. The summed E-state index contributed by atoms with van der Waals surface area (Å²) in [5.41, 5.74) is 0. The van der Waals surface area contributed by atoms with Crippen LogP contribution in [0.15, 0.2) is 0 Å². The smallest absolute Gasteiger partial charge is 0.312 e. The average molecular weight is 162 g/mol. The summed E-state index contributed by atoms with van der Waals surface area (Å²) in [5.74, 6) is 0.484. The average Bonchev–Trinajstić information content (AvgIpc) is 2.06. The fourth-order valence-electron chi connectivity index (χ4n) is 1.28. The molecule has 0 N–H and O–H groups in total. The second-order valence-corrected chi connectivity index (χ2v) is 3.80. The molecule has 0 amide bonds. The molecule has 3 heterocycles. The zero-order valence-corrected chi connectivity index (χ0v) is 6.84. The van der Waals surface area contributed by atoms with Crippen LogP contribution in [0.4, 0.5) is 0 Å². The van der Waals surface area contributed by atoms with Gasteiger partial charge in [0.25, 0.3) is 0 Å². The monoisotopic (exact) mass is 162 g/mol. The Morgan fingerprint density at radius 1 is 1.40 bits per heavy atom. The van der Waals surface area contributed by atoms with E-state index < -0.39 is 8.60 Å². The SMILES string of the molecule is CCC1OP2OCC1CO2. The molecule has 3 aliphatic heterocycles. The summed E-state index contributed by atoms with van der Waals surface area (Å²) < 4.78 is 15.9. The van der Waals surface area contributed by atoms with Gasteiger partial charge in [-0.3, -0.25) is 0 Å². The minimum atomic E-state index is -0.949. The van der Waals surface area contributed by atoms with Crippen molar-refractivity contribution in [3.05, 3.63) is 0 Å². The van der Waals surface area contributed by atoms with Crippen LogP contribution in [0, 0.1) is 5.92 Å². The fourth-order valence-corrected chi connectivity index (χ4v) is 2.64. The van der Waals surface area contributed by atoms with E-state index in [4.69, 9.17) is 13.6 Å². The normalized spacial score (nSPS) is 45.9. The van der Waals surface area contributed by atoms with E-state index in [1.807, 2.05) is 0 Å². The predicted octanol–water partition coefficient (Wildman–Crippen LogP) is 1.69. The van der Waals surface area contributed by atoms with Gasteiger partial charge in [0.15, 0.2) is 0 Å². The van der Waals surface area contributed by atoms with Gasteiger partial charge >= 0.3 is 8.60 Å². The Morgan fingerprint density at radius 3 is 2.40 bits per heavy atom. The third-order valence-corrected chi connectivity index (χ3v) is 3.10. The van der Waals surface area contributed by atoms with Gasteiger partial charge in [0.05, 0.1) is 19.3 Å². The second kappa shape index (κ2) is 2.74. The van der Waals surface area contributed by atoms with Crippen LogP contribution in [0.25, 0.3) is 0 Å². The molecule has 1 atom stereocenters. The summed E-state index contributed by atoms with van der Waals surface area (Å²) >= 11 is 0. The molecule has 1 unspecified atom stereocenters. The molecule has 0 spiro atoms. The van der Waals surface area contributed by atoms with Crippen molar-refractivity contribution in [2.45, 2.75) is 19.4 Å². The standard InChI is InChI=1S/C6H11O3P/c1-2-6-5-3-7-10(9-6)8-4-5/h5-6H,2-4H2,1H3. The molecule has 3 nitrogen and oxygen atoms in total. The Labute approximate surface area is 61.7 Å². The van der Waals surface area contributed by atoms with Crippen LogP contribution in [0.5, 0.6) is 0 Å². The first-order chi connectivity index (χ1) is 4.90. The van der Waals surface area contributed by atoms with Crippen LogP contribution in [-0.2, 0) is 13.6 Å². The maximum absolute atomic E-state index is 5.45. The minimum absolute atomic E-state index is 0.397. The Hall–Kier alpha value is 0.310. The summed E-state index contributed by atoms with van der Waals surface area (Å²) in [6.45, 7) is 3.82. The van der Waals surface area contributed by atoms with Gasteiger partial charge in [-0.05, 0) is 6.42 Å². The van der Waals surface area contributed by atoms with Gasteiger partial charge in [-0.1, -0.05) is 6.92 Å². The number of hydrogen-bond acceptors (Lipinski definition) is 3. The summed E-state index contributed by atoms with van der Waals surface area (Å²) in [6.07, 6.45) is 1.48. The largest absolute Gasteiger partial charge is 0.332 e. The first-order valence-electron chi connectivity index (χ1n) is 3.63. The van der Waals surface area contributed by atoms with Crippen LogP contribution < -0.4 is 0 Å². The van der Waals surface area contributed by atoms with Gasteiger partial charge in [-0.15, -0.1) is 0 Å². The van der Waals surface area contributed by atoms with E-state index in [0.717, 1.165) is 19.6 Å². The highest BCUT2D eigenvalue weighted by atomic mass is 31.2. The molecule has 0 aromatic carbocycles. The predicted molar refractivity (Wildman–Crippen MR) is 37.5 cm³/mol. The van der Waals surface area contributed by atoms with E-state index in [-0.39, 0.29) is 0 Å². The molecule has 0 radical (unpaired) electrons. The molecule has 3 fully saturated rings. The molecule has 0 aromatic heterocycles. The minimum Gasteiger partial charge on any atom is -0.312 e. The van der Waals surface area contributed by atoms with Crippen LogP contribution in [-0.4, -0.2) is 19.3 Å². The highest BCUT2D eigenvalue weighted by molar-refractivity contribution is 7.41. The van der Waals surface area contributed by atoms with Crippen molar-refractivity contribution in [3.63, 3.8) is 0 Å². The maximum Gasteiger partial charge on any atom is 0.332 e. The van der Waals surface area contributed by atoms with Crippen LogP contribution in [0.3, 0.4) is 0 Å². The summed E-state index contributed by atoms with van der Waals surface area (Å²) in [4.78, 5) is 0. The van der Waals surface area contributed by atoms with Gasteiger partial charge in [-0.25, -0.2) is 0 Å². The molecule has 0 aliphatic carbocycles. The van der Waals surface area contributed by atoms with Crippen molar-refractivity contribution in [2.75, 3.05) is 13.2 Å².